The second kappa shape index (κ2) is 8.41. The van der Waals surface area contributed by atoms with Gasteiger partial charge in [0, 0.05) is 5.02 Å². The molecule has 0 heterocycles. The Labute approximate surface area is 140 Å². The van der Waals surface area contributed by atoms with Crippen LogP contribution in [0.5, 0.6) is 0 Å². The molecule has 0 fully saturated rings. The first kappa shape index (κ1) is 18.0. The molecule has 4 N–H and O–H groups in total. The minimum absolute atomic E-state index is 0. The lowest BCUT2D eigenvalue weighted by molar-refractivity contribution is -0.119. The summed E-state index contributed by atoms with van der Waals surface area (Å²) in [6, 6.07) is 16.9. The summed E-state index contributed by atoms with van der Waals surface area (Å²) >= 11 is 6.01. The molecule has 2 aromatic carbocycles. The van der Waals surface area contributed by atoms with Crippen molar-refractivity contribution in [2.45, 2.75) is 12.3 Å². The number of halogens is 2. The zero-order chi connectivity index (χ0) is 15.2. The van der Waals surface area contributed by atoms with Crippen LogP contribution < -0.4 is 11.5 Å². The number of aliphatic imine (C=N–C) groups is 1. The van der Waals surface area contributed by atoms with Crippen molar-refractivity contribution in [1.82, 2.24) is 0 Å². The van der Waals surface area contributed by atoms with Crippen LogP contribution in [-0.4, -0.2) is 11.9 Å². The maximum atomic E-state index is 12.3. The molecule has 2 aromatic rings. The first-order chi connectivity index (χ1) is 10.1. The minimum Gasteiger partial charge on any atom is -0.370 e. The topological polar surface area (TPSA) is 81.5 Å². The van der Waals surface area contributed by atoms with E-state index in [0.717, 1.165) is 11.1 Å². The van der Waals surface area contributed by atoms with Crippen LogP contribution >= 0.6 is 24.0 Å². The number of nitrogens with zero attached hydrogens (tertiary/aromatic N) is 1. The van der Waals surface area contributed by atoms with E-state index >= 15 is 0 Å². The number of carbonyl (C=O) groups excluding carboxylic acids is 1. The summed E-state index contributed by atoms with van der Waals surface area (Å²) in [7, 11) is 0. The van der Waals surface area contributed by atoms with E-state index in [4.69, 9.17) is 23.1 Å². The molecule has 22 heavy (non-hydrogen) atoms. The van der Waals surface area contributed by atoms with E-state index in [1.165, 1.54) is 0 Å². The standard InChI is InChI=1S/C16H16ClN3O.ClH/c17-13-8-4-7-12(10-13)14(15(21)20-16(18)19)9-11-5-2-1-3-6-11;/h1-8,10,14H,9H2,(H4,18,19,20,21);1H/t14-;/m0./s1. The van der Waals surface area contributed by atoms with E-state index in [9.17, 15) is 4.79 Å². The molecular formula is C16H17Cl2N3O. The van der Waals surface area contributed by atoms with Gasteiger partial charge in [-0.05, 0) is 29.7 Å². The Bertz CT molecular complexity index is 655. The Morgan fingerprint density at radius 2 is 1.77 bits per heavy atom. The van der Waals surface area contributed by atoms with Crippen LogP contribution in [-0.2, 0) is 11.2 Å². The second-order valence-corrected chi connectivity index (χ2v) is 5.11. The van der Waals surface area contributed by atoms with Gasteiger partial charge in [-0.15, -0.1) is 12.4 Å². The van der Waals surface area contributed by atoms with Crippen molar-refractivity contribution in [2.75, 3.05) is 0 Å². The smallest absolute Gasteiger partial charge is 0.256 e. The number of nitrogens with two attached hydrogens (primary N) is 2. The highest BCUT2D eigenvalue weighted by Gasteiger charge is 2.21. The molecule has 0 aliphatic heterocycles. The molecule has 0 aliphatic rings. The fourth-order valence-corrected chi connectivity index (χ4v) is 2.32. The number of guanidine groups is 1. The average molecular weight is 338 g/mol. The van der Waals surface area contributed by atoms with Crippen molar-refractivity contribution in [3.05, 3.63) is 70.7 Å². The van der Waals surface area contributed by atoms with E-state index in [2.05, 4.69) is 4.99 Å². The average Bonchev–Trinajstić information content (AvgIpc) is 2.45. The first-order valence-corrected chi connectivity index (χ1v) is 6.87. The van der Waals surface area contributed by atoms with Crippen LogP contribution in [0.1, 0.15) is 17.0 Å². The van der Waals surface area contributed by atoms with Gasteiger partial charge in [0.1, 0.15) is 0 Å². The monoisotopic (exact) mass is 337 g/mol. The molecule has 4 nitrogen and oxygen atoms in total. The fraction of sp³-hybridized carbons (Fsp3) is 0.125. The molecule has 0 aromatic heterocycles. The molecule has 0 saturated carbocycles. The van der Waals surface area contributed by atoms with Gasteiger partial charge in [0.05, 0.1) is 5.92 Å². The number of rotatable bonds is 4. The van der Waals surface area contributed by atoms with E-state index in [1.54, 1.807) is 18.2 Å². The number of amides is 1. The number of hydrogen-bond acceptors (Lipinski definition) is 1. The minimum atomic E-state index is -0.465. The van der Waals surface area contributed by atoms with Gasteiger partial charge in [-0.2, -0.15) is 4.99 Å². The Hall–Kier alpha value is -2.04. The lowest BCUT2D eigenvalue weighted by atomic mass is 9.91. The predicted molar refractivity (Wildman–Crippen MR) is 92.4 cm³/mol. The van der Waals surface area contributed by atoms with E-state index in [0.29, 0.717) is 11.4 Å². The van der Waals surface area contributed by atoms with Crippen LogP contribution in [0.2, 0.25) is 5.02 Å². The lowest BCUT2D eigenvalue weighted by Gasteiger charge is -2.14. The highest BCUT2D eigenvalue weighted by Crippen LogP contribution is 2.25. The molecule has 1 atom stereocenters. The first-order valence-electron chi connectivity index (χ1n) is 6.49. The Morgan fingerprint density at radius 1 is 1.09 bits per heavy atom. The molecule has 0 saturated heterocycles. The van der Waals surface area contributed by atoms with Gasteiger partial charge >= 0.3 is 0 Å². The maximum Gasteiger partial charge on any atom is 0.256 e. The molecule has 0 unspecified atom stereocenters. The highest BCUT2D eigenvalue weighted by molar-refractivity contribution is 6.30. The van der Waals surface area contributed by atoms with E-state index < -0.39 is 5.92 Å². The molecule has 0 radical (unpaired) electrons. The van der Waals surface area contributed by atoms with E-state index in [-0.39, 0.29) is 24.3 Å². The molecule has 2 rings (SSSR count). The molecule has 0 aliphatic carbocycles. The Morgan fingerprint density at radius 3 is 2.36 bits per heavy atom. The van der Waals surface area contributed by atoms with Gasteiger partial charge in [0.25, 0.3) is 5.91 Å². The van der Waals surface area contributed by atoms with Crippen molar-refractivity contribution in [2.24, 2.45) is 16.5 Å². The van der Waals surface area contributed by atoms with Crippen molar-refractivity contribution in [3.8, 4) is 0 Å². The number of hydrogen-bond donors (Lipinski definition) is 2. The molecule has 0 bridgehead atoms. The predicted octanol–water partition coefficient (Wildman–Crippen LogP) is 2.89. The van der Waals surface area contributed by atoms with Crippen LogP contribution in [0.15, 0.2) is 59.6 Å². The van der Waals surface area contributed by atoms with Crippen molar-refractivity contribution >= 4 is 35.9 Å². The second-order valence-electron chi connectivity index (χ2n) is 4.67. The van der Waals surface area contributed by atoms with Gasteiger partial charge in [0.2, 0.25) is 0 Å². The highest BCUT2D eigenvalue weighted by atomic mass is 35.5. The normalized spacial score (nSPS) is 11.1. The molecule has 116 valence electrons. The third-order valence-electron chi connectivity index (χ3n) is 3.07. The molecule has 0 spiro atoms. The molecule has 1 amide bonds. The number of carbonyl (C=O) groups is 1. The third-order valence-corrected chi connectivity index (χ3v) is 3.31. The van der Waals surface area contributed by atoms with Crippen LogP contribution in [0, 0.1) is 0 Å². The zero-order valence-electron chi connectivity index (χ0n) is 11.8. The summed E-state index contributed by atoms with van der Waals surface area (Å²) in [5, 5.41) is 0.572. The van der Waals surface area contributed by atoms with Crippen molar-refractivity contribution in [1.29, 1.82) is 0 Å². The van der Waals surface area contributed by atoms with Gasteiger partial charge in [-0.25, -0.2) is 0 Å². The summed E-state index contributed by atoms with van der Waals surface area (Å²) in [5.41, 5.74) is 12.4. The SMILES string of the molecule is Cl.NC(N)=NC(=O)[C@@H](Cc1ccccc1)c1cccc(Cl)c1. The summed E-state index contributed by atoms with van der Waals surface area (Å²) in [4.78, 5) is 15.9. The summed E-state index contributed by atoms with van der Waals surface area (Å²) in [5.74, 6) is -1.07. The van der Waals surface area contributed by atoms with E-state index in [1.807, 2.05) is 36.4 Å². The third kappa shape index (κ3) is 5.06. The van der Waals surface area contributed by atoms with Crippen LogP contribution in [0.4, 0.5) is 0 Å². The summed E-state index contributed by atoms with van der Waals surface area (Å²) in [6.07, 6.45) is 0.511. The van der Waals surface area contributed by atoms with Crippen molar-refractivity contribution < 1.29 is 4.79 Å². The lowest BCUT2D eigenvalue weighted by Crippen LogP contribution is -2.26. The zero-order valence-corrected chi connectivity index (χ0v) is 13.3. The van der Waals surface area contributed by atoms with Gasteiger partial charge in [0.15, 0.2) is 5.96 Å². The van der Waals surface area contributed by atoms with Gasteiger partial charge in [-0.3, -0.25) is 4.79 Å². The number of benzene rings is 2. The van der Waals surface area contributed by atoms with Gasteiger partial charge in [-0.1, -0.05) is 54.1 Å². The quantitative estimate of drug-likeness (QED) is 0.664. The van der Waals surface area contributed by atoms with Crippen LogP contribution in [0.3, 0.4) is 0 Å². The molecular weight excluding hydrogens is 321 g/mol. The fourth-order valence-electron chi connectivity index (χ4n) is 2.13. The Balaban J connectivity index is 0.00000242. The Kier molecular flexibility index (Phi) is 6.89. The summed E-state index contributed by atoms with van der Waals surface area (Å²) < 4.78 is 0. The van der Waals surface area contributed by atoms with Crippen molar-refractivity contribution in [3.63, 3.8) is 0 Å². The summed E-state index contributed by atoms with van der Waals surface area (Å²) in [6.45, 7) is 0. The molecule has 6 heteroatoms. The van der Waals surface area contributed by atoms with Gasteiger partial charge < -0.3 is 11.5 Å². The maximum absolute atomic E-state index is 12.3. The van der Waals surface area contributed by atoms with Crippen LogP contribution in [0.25, 0.3) is 0 Å². The largest absolute Gasteiger partial charge is 0.370 e.